The van der Waals surface area contributed by atoms with E-state index in [2.05, 4.69) is 36.9 Å². The number of nitrogens with one attached hydrogen (secondary N) is 6. The summed E-state index contributed by atoms with van der Waals surface area (Å²) in [5.74, 6) is -11.1. The van der Waals surface area contributed by atoms with E-state index in [1.54, 1.807) is 27.7 Å². The molecule has 340 valence electrons. The molecule has 7 unspecified atom stereocenters. The SMILES string of the molecule is CC(C)CC(N)C(=O)NC(CCC(=O)O)C(=O)NC(CCC(N)=O)C(=O)NC(CCC(=O)O)C(=O)NC(CCCN=C(N)N)C(=O)NC(CC(C)C)C(=O)NC(C)C(=O)O. The van der Waals surface area contributed by atoms with Crippen LogP contribution in [0.3, 0.4) is 0 Å². The summed E-state index contributed by atoms with van der Waals surface area (Å²) in [5.41, 5.74) is 22.0. The number of aliphatic carboxylic acids is 3. The van der Waals surface area contributed by atoms with E-state index >= 15 is 0 Å². The van der Waals surface area contributed by atoms with Crippen LogP contribution in [0.1, 0.15) is 98.8 Å². The van der Waals surface area contributed by atoms with Crippen molar-refractivity contribution in [2.45, 2.75) is 141 Å². The maximum Gasteiger partial charge on any atom is 0.325 e. The van der Waals surface area contributed by atoms with E-state index in [0.717, 1.165) is 0 Å². The van der Waals surface area contributed by atoms with Crippen molar-refractivity contribution in [3.05, 3.63) is 0 Å². The fourth-order valence-corrected chi connectivity index (χ4v) is 5.46. The van der Waals surface area contributed by atoms with Gasteiger partial charge in [-0.3, -0.25) is 52.9 Å². The van der Waals surface area contributed by atoms with Gasteiger partial charge in [-0.15, -0.1) is 0 Å². The molecule has 0 saturated heterocycles. The summed E-state index contributed by atoms with van der Waals surface area (Å²) in [6.45, 7) is 8.30. The Kier molecular flexibility index (Phi) is 24.8. The van der Waals surface area contributed by atoms with Crippen molar-refractivity contribution in [2.75, 3.05) is 6.54 Å². The van der Waals surface area contributed by atoms with Gasteiger partial charge in [0.05, 0.1) is 6.04 Å². The molecule has 0 radical (unpaired) electrons. The topological polar surface area (TPSA) is 420 Å². The third-order valence-electron chi connectivity index (χ3n) is 8.58. The lowest BCUT2D eigenvalue weighted by Crippen LogP contribution is -2.60. The third-order valence-corrected chi connectivity index (χ3v) is 8.58. The van der Waals surface area contributed by atoms with Crippen molar-refractivity contribution in [1.82, 2.24) is 31.9 Å². The number of primary amides is 1. The quantitative estimate of drug-likeness (QED) is 0.0189. The zero-order chi connectivity index (χ0) is 46.3. The number of carboxylic acid groups (broad SMARTS) is 3. The van der Waals surface area contributed by atoms with Crippen LogP contribution in [0, 0.1) is 11.8 Å². The van der Waals surface area contributed by atoms with Crippen molar-refractivity contribution >= 4 is 65.2 Å². The molecule has 0 aliphatic carbocycles. The monoisotopic (exact) mass is 857 g/mol. The second kappa shape index (κ2) is 27.6. The van der Waals surface area contributed by atoms with Gasteiger partial charge in [0.25, 0.3) is 0 Å². The summed E-state index contributed by atoms with van der Waals surface area (Å²) in [7, 11) is 0. The Morgan fingerprint density at radius 2 is 0.867 bits per heavy atom. The van der Waals surface area contributed by atoms with Crippen molar-refractivity contribution in [3.8, 4) is 0 Å². The third kappa shape index (κ3) is 23.4. The van der Waals surface area contributed by atoms with Crippen LogP contribution < -0.4 is 54.8 Å². The van der Waals surface area contributed by atoms with Gasteiger partial charge in [0.15, 0.2) is 5.96 Å². The summed E-state index contributed by atoms with van der Waals surface area (Å²) >= 11 is 0. The van der Waals surface area contributed by atoms with Crippen molar-refractivity contribution in [3.63, 3.8) is 0 Å². The lowest BCUT2D eigenvalue weighted by molar-refractivity contribution is -0.142. The molecule has 0 aromatic carbocycles. The van der Waals surface area contributed by atoms with Crippen LogP contribution >= 0.6 is 0 Å². The molecule has 0 fully saturated rings. The zero-order valence-electron chi connectivity index (χ0n) is 34.7. The first-order valence-electron chi connectivity index (χ1n) is 19.4. The van der Waals surface area contributed by atoms with Crippen molar-refractivity contribution < 1.29 is 63.3 Å². The number of hydrogen-bond acceptors (Lipinski definition) is 12. The van der Waals surface area contributed by atoms with Gasteiger partial charge >= 0.3 is 17.9 Å². The van der Waals surface area contributed by atoms with Crippen LogP contribution in [0.5, 0.6) is 0 Å². The molecule has 24 heteroatoms. The Morgan fingerprint density at radius 1 is 0.500 bits per heavy atom. The number of nitrogens with zero attached hydrogens (tertiary/aromatic N) is 1. The molecule has 0 aromatic heterocycles. The van der Waals surface area contributed by atoms with E-state index in [-0.39, 0.29) is 50.0 Å². The van der Waals surface area contributed by atoms with Gasteiger partial charge in [0, 0.05) is 25.8 Å². The molecule has 0 aliphatic rings. The van der Waals surface area contributed by atoms with E-state index in [1.165, 1.54) is 6.92 Å². The minimum absolute atomic E-state index is 0.00792. The number of hydrogen-bond donors (Lipinski definition) is 13. The van der Waals surface area contributed by atoms with Crippen molar-refractivity contribution in [1.29, 1.82) is 0 Å². The highest BCUT2D eigenvalue weighted by Gasteiger charge is 2.34. The predicted octanol–water partition coefficient (Wildman–Crippen LogP) is -3.53. The van der Waals surface area contributed by atoms with Gasteiger partial charge < -0.3 is 70.2 Å². The normalized spacial score (nSPS) is 14.5. The smallest absolute Gasteiger partial charge is 0.325 e. The van der Waals surface area contributed by atoms with Gasteiger partial charge in [-0.05, 0) is 63.7 Å². The molecule has 0 rings (SSSR count). The molecule has 17 N–H and O–H groups in total. The second-order valence-electron chi connectivity index (χ2n) is 15.1. The molecule has 7 amide bonds. The summed E-state index contributed by atoms with van der Waals surface area (Å²) in [5, 5.41) is 42.2. The molecular weight excluding hydrogens is 794 g/mol. The van der Waals surface area contributed by atoms with Gasteiger partial charge in [-0.1, -0.05) is 27.7 Å². The molecule has 0 bridgehead atoms. The molecular formula is C36H63N11O13. The Labute approximate surface area is 347 Å². The number of guanidine groups is 1. The number of carboxylic acids is 3. The number of rotatable bonds is 30. The summed E-state index contributed by atoms with van der Waals surface area (Å²) < 4.78 is 0. The Balaban J connectivity index is 6.65. The first-order chi connectivity index (χ1) is 27.8. The first kappa shape index (κ1) is 53.9. The second-order valence-corrected chi connectivity index (χ2v) is 15.1. The molecule has 0 aromatic rings. The minimum atomic E-state index is -1.70. The average molecular weight is 858 g/mol. The molecule has 0 aliphatic heterocycles. The number of aliphatic imine (C=N–C) groups is 1. The van der Waals surface area contributed by atoms with Crippen LogP contribution in [0.4, 0.5) is 0 Å². The average Bonchev–Trinajstić information content (AvgIpc) is 3.12. The minimum Gasteiger partial charge on any atom is -0.481 e. The molecule has 60 heavy (non-hydrogen) atoms. The lowest BCUT2D eigenvalue weighted by Gasteiger charge is -2.27. The van der Waals surface area contributed by atoms with E-state index < -0.39 is 140 Å². The standard InChI is InChI=1S/C36H63N11O13/c1-17(2)15-20(37)29(53)43-23(9-12-27(49)50)32(56)45-22(8-11-26(38)48)31(55)46-24(10-13-28(51)52)33(57)44-21(7-6-14-41-36(39)40)30(54)47-25(16-18(3)4)34(58)42-19(5)35(59)60/h17-25H,6-16,37H2,1-5H3,(H2,38,48)(H,42,58)(H,43,53)(H,44,57)(H,45,56)(H,46,55)(H,47,54)(H,49,50)(H,51,52)(H,59,60)(H4,39,40,41). The van der Waals surface area contributed by atoms with Crippen LogP contribution in [0.2, 0.25) is 0 Å². The lowest BCUT2D eigenvalue weighted by atomic mass is 10.0. The van der Waals surface area contributed by atoms with Gasteiger partial charge in [0.1, 0.15) is 36.3 Å². The maximum atomic E-state index is 13.8. The molecule has 0 saturated carbocycles. The zero-order valence-corrected chi connectivity index (χ0v) is 34.7. The Morgan fingerprint density at radius 3 is 1.23 bits per heavy atom. The van der Waals surface area contributed by atoms with E-state index in [0.29, 0.717) is 0 Å². The molecule has 0 heterocycles. The van der Waals surface area contributed by atoms with Gasteiger partial charge in [-0.2, -0.15) is 0 Å². The Hall–Kier alpha value is -6.07. The first-order valence-corrected chi connectivity index (χ1v) is 19.4. The van der Waals surface area contributed by atoms with Crippen LogP contribution in [0.15, 0.2) is 4.99 Å². The van der Waals surface area contributed by atoms with Crippen LogP contribution in [-0.2, 0) is 47.9 Å². The van der Waals surface area contributed by atoms with E-state index in [9.17, 15) is 63.3 Å². The van der Waals surface area contributed by atoms with E-state index in [4.69, 9.17) is 22.9 Å². The van der Waals surface area contributed by atoms with Gasteiger partial charge in [-0.25, -0.2) is 0 Å². The fourth-order valence-electron chi connectivity index (χ4n) is 5.46. The number of carbonyl (C=O) groups is 10. The highest BCUT2D eigenvalue weighted by molar-refractivity contribution is 5.97. The molecule has 24 nitrogen and oxygen atoms in total. The predicted molar refractivity (Wildman–Crippen MR) is 214 cm³/mol. The summed E-state index contributed by atoms with van der Waals surface area (Å²) in [6.07, 6.45) is -2.98. The molecule has 7 atom stereocenters. The highest BCUT2D eigenvalue weighted by atomic mass is 16.4. The van der Waals surface area contributed by atoms with Crippen molar-refractivity contribution in [2.24, 2.45) is 39.8 Å². The van der Waals surface area contributed by atoms with E-state index in [1.807, 2.05) is 0 Å². The number of nitrogens with two attached hydrogens (primary N) is 4. The highest BCUT2D eigenvalue weighted by Crippen LogP contribution is 2.11. The number of amides is 7. The number of carbonyl (C=O) groups excluding carboxylic acids is 7. The van der Waals surface area contributed by atoms with Crippen LogP contribution in [-0.4, -0.2) is 129 Å². The summed E-state index contributed by atoms with van der Waals surface area (Å²) in [6, 6.07) is -9.96. The Bertz CT molecular complexity index is 1550. The maximum absolute atomic E-state index is 13.8. The van der Waals surface area contributed by atoms with Gasteiger partial charge in [0.2, 0.25) is 41.4 Å². The largest absolute Gasteiger partial charge is 0.481 e. The fraction of sp³-hybridized carbons (Fsp3) is 0.694. The molecule has 0 spiro atoms. The summed E-state index contributed by atoms with van der Waals surface area (Å²) in [4.78, 5) is 130. The van der Waals surface area contributed by atoms with Crippen LogP contribution in [0.25, 0.3) is 0 Å².